The van der Waals surface area contributed by atoms with Gasteiger partial charge in [-0.15, -0.1) is 11.3 Å². The average molecular weight is 471 g/mol. The molecule has 0 fully saturated rings. The number of hydrogen-bond donors (Lipinski definition) is 1. The maximum Gasteiger partial charge on any atom is 0.246 e. The molecule has 11 heteroatoms. The molecule has 0 saturated heterocycles. The number of likely N-dealkylation sites (N-methyl/N-ethyl adjacent to an activating group) is 1. The molecule has 2 aromatic heterocycles. The van der Waals surface area contributed by atoms with E-state index in [1.807, 2.05) is 17.5 Å². The largest absolute Gasteiger partial charge is 0.346 e. The van der Waals surface area contributed by atoms with Crippen molar-refractivity contribution in [2.75, 3.05) is 13.6 Å². The fourth-order valence-electron chi connectivity index (χ4n) is 2.14. The second-order valence-corrected chi connectivity index (χ2v) is 9.39. The summed E-state index contributed by atoms with van der Waals surface area (Å²) in [6.07, 6.45) is 0. The Hall–Kier alpha value is -2.08. The number of nitrogens with one attached hydrogen (secondary N) is 1. The van der Waals surface area contributed by atoms with Crippen LogP contribution in [0.2, 0.25) is 0 Å². The molecule has 1 amide bonds. The molecule has 142 valence electrons. The summed E-state index contributed by atoms with van der Waals surface area (Å²) in [4.78, 5) is 17.2. The molecule has 27 heavy (non-hydrogen) atoms. The van der Waals surface area contributed by atoms with E-state index in [0.29, 0.717) is 5.82 Å². The van der Waals surface area contributed by atoms with Gasteiger partial charge in [-0.1, -0.05) is 27.2 Å². The molecule has 0 unspecified atom stereocenters. The first kappa shape index (κ1) is 19.7. The lowest BCUT2D eigenvalue weighted by atomic mass is 10.4. The van der Waals surface area contributed by atoms with Crippen LogP contribution in [0.4, 0.5) is 0 Å². The molecule has 1 N–H and O–H groups in total. The van der Waals surface area contributed by atoms with E-state index >= 15 is 0 Å². The Labute approximate surface area is 168 Å². The molecule has 2 heterocycles. The predicted molar refractivity (Wildman–Crippen MR) is 103 cm³/mol. The van der Waals surface area contributed by atoms with Crippen LogP contribution in [0.25, 0.3) is 10.7 Å². The van der Waals surface area contributed by atoms with Gasteiger partial charge >= 0.3 is 0 Å². The first-order valence-electron chi connectivity index (χ1n) is 7.71. The molecule has 8 nitrogen and oxygen atoms in total. The monoisotopic (exact) mass is 470 g/mol. The van der Waals surface area contributed by atoms with Crippen molar-refractivity contribution >= 4 is 43.2 Å². The SMILES string of the molecule is CN(CC(=O)NCc1nc(-c2cccs2)no1)S(=O)(=O)c1ccc(Br)cc1. The smallest absolute Gasteiger partial charge is 0.246 e. The molecular formula is C16H15BrN4O4S2. The standard InChI is InChI=1S/C16H15BrN4O4S2/c1-21(27(23,24)12-6-4-11(17)5-7-12)10-14(22)18-9-15-19-16(20-25-15)13-3-2-8-26-13/h2-8H,9-10H2,1H3,(H,18,22). The van der Waals surface area contributed by atoms with Crippen LogP contribution in [0.15, 0.2) is 55.7 Å². The van der Waals surface area contributed by atoms with E-state index in [2.05, 4.69) is 31.4 Å². The predicted octanol–water partition coefficient (Wildman–Crippen LogP) is 2.50. The molecule has 0 atom stereocenters. The molecule has 0 spiro atoms. The highest BCUT2D eigenvalue weighted by Crippen LogP contribution is 2.21. The van der Waals surface area contributed by atoms with E-state index in [1.54, 1.807) is 12.1 Å². The van der Waals surface area contributed by atoms with Crippen LogP contribution in [0.5, 0.6) is 0 Å². The van der Waals surface area contributed by atoms with Crippen molar-refractivity contribution in [2.45, 2.75) is 11.4 Å². The van der Waals surface area contributed by atoms with Crippen LogP contribution < -0.4 is 5.32 Å². The molecule has 3 aromatic rings. The Morgan fingerprint density at radius 2 is 2.04 bits per heavy atom. The second kappa shape index (κ2) is 8.30. The first-order chi connectivity index (χ1) is 12.9. The zero-order valence-corrected chi connectivity index (χ0v) is 17.3. The van der Waals surface area contributed by atoms with Crippen LogP contribution in [-0.2, 0) is 21.4 Å². The van der Waals surface area contributed by atoms with E-state index in [-0.39, 0.29) is 23.9 Å². The number of hydrogen-bond acceptors (Lipinski definition) is 7. The first-order valence-corrected chi connectivity index (χ1v) is 10.8. The van der Waals surface area contributed by atoms with Gasteiger partial charge in [-0.05, 0) is 35.7 Å². The minimum atomic E-state index is -3.76. The van der Waals surface area contributed by atoms with Gasteiger partial charge in [0.2, 0.25) is 27.6 Å². The van der Waals surface area contributed by atoms with Gasteiger partial charge in [0.25, 0.3) is 0 Å². The van der Waals surface area contributed by atoms with Crippen LogP contribution in [0.1, 0.15) is 5.89 Å². The highest BCUT2D eigenvalue weighted by Gasteiger charge is 2.23. The van der Waals surface area contributed by atoms with E-state index in [4.69, 9.17) is 4.52 Å². The summed E-state index contributed by atoms with van der Waals surface area (Å²) < 4.78 is 31.8. The highest BCUT2D eigenvalue weighted by molar-refractivity contribution is 9.10. The summed E-state index contributed by atoms with van der Waals surface area (Å²) in [5.74, 6) is 0.211. The zero-order chi connectivity index (χ0) is 19.4. The number of nitrogens with zero attached hydrogens (tertiary/aromatic N) is 3. The van der Waals surface area contributed by atoms with Crippen molar-refractivity contribution in [2.24, 2.45) is 0 Å². The van der Waals surface area contributed by atoms with Crippen LogP contribution in [0.3, 0.4) is 0 Å². The van der Waals surface area contributed by atoms with Gasteiger partial charge in [0.05, 0.1) is 22.9 Å². The number of sulfonamides is 1. The molecule has 0 aliphatic rings. The van der Waals surface area contributed by atoms with Gasteiger partial charge in [0, 0.05) is 11.5 Å². The molecule has 0 radical (unpaired) electrons. The fourth-order valence-corrected chi connectivity index (χ4v) is 4.18. The van der Waals surface area contributed by atoms with E-state index in [9.17, 15) is 13.2 Å². The molecule has 1 aromatic carbocycles. The van der Waals surface area contributed by atoms with Gasteiger partial charge in [-0.2, -0.15) is 9.29 Å². The minimum Gasteiger partial charge on any atom is -0.346 e. The number of aromatic nitrogens is 2. The van der Waals surface area contributed by atoms with Gasteiger partial charge < -0.3 is 9.84 Å². The zero-order valence-electron chi connectivity index (χ0n) is 14.1. The number of halogens is 1. The van der Waals surface area contributed by atoms with Gasteiger partial charge in [-0.25, -0.2) is 8.42 Å². The number of rotatable bonds is 7. The summed E-state index contributed by atoms with van der Waals surface area (Å²) >= 11 is 4.73. The van der Waals surface area contributed by atoms with E-state index < -0.39 is 15.9 Å². The summed E-state index contributed by atoms with van der Waals surface area (Å²) in [5, 5.41) is 8.32. The Morgan fingerprint density at radius 3 is 2.70 bits per heavy atom. The Morgan fingerprint density at radius 1 is 1.30 bits per heavy atom. The summed E-state index contributed by atoms with van der Waals surface area (Å²) in [7, 11) is -2.41. The number of benzene rings is 1. The Bertz CT molecular complexity index is 1020. The van der Waals surface area contributed by atoms with Crippen molar-refractivity contribution in [3.63, 3.8) is 0 Å². The lowest BCUT2D eigenvalue weighted by Crippen LogP contribution is -2.38. The average Bonchev–Trinajstić information content (AvgIpc) is 3.31. The Kier molecular flexibility index (Phi) is 6.05. The maximum atomic E-state index is 12.5. The quantitative estimate of drug-likeness (QED) is 0.568. The topological polar surface area (TPSA) is 105 Å². The maximum absolute atomic E-state index is 12.5. The lowest BCUT2D eigenvalue weighted by Gasteiger charge is -2.16. The van der Waals surface area contributed by atoms with Crippen LogP contribution in [0, 0.1) is 0 Å². The molecule has 0 bridgehead atoms. The van der Waals surface area contributed by atoms with Crippen LogP contribution in [-0.4, -0.2) is 42.4 Å². The third-order valence-electron chi connectivity index (χ3n) is 3.53. The number of carbonyl (C=O) groups excluding carboxylic acids is 1. The van der Waals surface area contributed by atoms with Crippen molar-refractivity contribution in [3.05, 3.63) is 52.1 Å². The van der Waals surface area contributed by atoms with Crippen molar-refractivity contribution in [1.29, 1.82) is 0 Å². The third kappa shape index (κ3) is 4.80. The minimum absolute atomic E-state index is 0.0172. The second-order valence-electron chi connectivity index (χ2n) is 5.48. The Balaban J connectivity index is 1.56. The van der Waals surface area contributed by atoms with E-state index in [1.165, 1.54) is 30.5 Å². The van der Waals surface area contributed by atoms with Crippen LogP contribution >= 0.6 is 27.3 Å². The molecule has 0 aliphatic carbocycles. The summed E-state index contributed by atoms with van der Waals surface area (Å²) in [6.45, 7) is -0.312. The highest BCUT2D eigenvalue weighted by atomic mass is 79.9. The molecular weight excluding hydrogens is 456 g/mol. The summed E-state index contributed by atoms with van der Waals surface area (Å²) in [6, 6.07) is 9.93. The van der Waals surface area contributed by atoms with Gasteiger partial charge in [-0.3, -0.25) is 4.79 Å². The third-order valence-corrected chi connectivity index (χ3v) is 6.75. The van der Waals surface area contributed by atoms with Crippen molar-refractivity contribution in [1.82, 2.24) is 19.8 Å². The van der Waals surface area contributed by atoms with E-state index in [0.717, 1.165) is 13.7 Å². The van der Waals surface area contributed by atoms with Gasteiger partial charge in [0.15, 0.2) is 0 Å². The van der Waals surface area contributed by atoms with Gasteiger partial charge in [0.1, 0.15) is 0 Å². The fraction of sp³-hybridized carbons (Fsp3) is 0.188. The van der Waals surface area contributed by atoms with Crippen molar-refractivity contribution in [3.8, 4) is 10.7 Å². The van der Waals surface area contributed by atoms with Crippen molar-refractivity contribution < 1.29 is 17.7 Å². The number of thiophene rings is 1. The normalized spacial score (nSPS) is 11.7. The number of amides is 1. The number of carbonyl (C=O) groups is 1. The molecule has 0 aliphatic heterocycles. The molecule has 3 rings (SSSR count). The lowest BCUT2D eigenvalue weighted by molar-refractivity contribution is -0.121. The molecule has 0 saturated carbocycles. The summed E-state index contributed by atoms with van der Waals surface area (Å²) in [5.41, 5.74) is 0.